The van der Waals surface area contributed by atoms with E-state index < -0.39 is 5.79 Å². The lowest BCUT2D eigenvalue weighted by Crippen LogP contribution is -2.30. The average molecular weight is 252 g/mol. The van der Waals surface area contributed by atoms with Crippen LogP contribution in [0.2, 0.25) is 0 Å². The Hall–Kier alpha value is -1.10. The molecule has 1 aliphatic heterocycles. The second kappa shape index (κ2) is 5.69. The molecule has 1 aliphatic rings. The second-order valence-electron chi connectivity index (χ2n) is 4.69. The highest BCUT2D eigenvalue weighted by Gasteiger charge is 2.37. The number of hydrogen-bond acceptors (Lipinski definition) is 4. The molecule has 0 amide bonds. The summed E-state index contributed by atoms with van der Waals surface area (Å²) in [6, 6.07) is 7.85. The Kier molecular flexibility index (Phi) is 4.22. The maximum atomic E-state index is 8.91. The lowest BCUT2D eigenvalue weighted by atomic mass is 10.1. The van der Waals surface area contributed by atoms with Gasteiger partial charge in [-0.1, -0.05) is 18.2 Å². The minimum atomic E-state index is -0.630. The molecule has 2 rings (SSSR count). The van der Waals surface area contributed by atoms with Crippen LogP contribution in [-0.2, 0) is 15.9 Å². The summed E-state index contributed by atoms with van der Waals surface area (Å²) in [5.41, 5.74) is 1.06. The second-order valence-corrected chi connectivity index (χ2v) is 4.69. The van der Waals surface area contributed by atoms with Crippen molar-refractivity contribution in [3.05, 3.63) is 29.8 Å². The van der Waals surface area contributed by atoms with Crippen molar-refractivity contribution in [2.75, 3.05) is 20.3 Å². The molecule has 100 valence electrons. The smallest absolute Gasteiger partial charge is 0.170 e. The fourth-order valence-corrected chi connectivity index (χ4v) is 2.26. The minimum absolute atomic E-state index is 0.0188. The SMILES string of the molecule is COc1ccccc1CC1(C)OCC(CCO)O1. The van der Waals surface area contributed by atoms with Gasteiger partial charge < -0.3 is 19.3 Å². The van der Waals surface area contributed by atoms with Gasteiger partial charge in [0.2, 0.25) is 0 Å². The van der Waals surface area contributed by atoms with Crippen molar-refractivity contribution >= 4 is 0 Å². The molecule has 1 saturated heterocycles. The molecule has 1 aromatic carbocycles. The Bertz CT molecular complexity index is 393. The van der Waals surface area contributed by atoms with E-state index in [1.54, 1.807) is 7.11 Å². The maximum Gasteiger partial charge on any atom is 0.170 e. The molecule has 18 heavy (non-hydrogen) atoms. The third kappa shape index (κ3) is 3.02. The molecule has 0 bridgehead atoms. The molecular weight excluding hydrogens is 232 g/mol. The van der Waals surface area contributed by atoms with Gasteiger partial charge >= 0.3 is 0 Å². The van der Waals surface area contributed by atoms with E-state index in [1.807, 2.05) is 31.2 Å². The van der Waals surface area contributed by atoms with Gasteiger partial charge in [0.1, 0.15) is 5.75 Å². The highest BCUT2D eigenvalue weighted by Crippen LogP contribution is 2.31. The van der Waals surface area contributed by atoms with E-state index in [9.17, 15) is 0 Å². The number of ether oxygens (including phenoxy) is 3. The highest BCUT2D eigenvalue weighted by atomic mass is 16.7. The van der Waals surface area contributed by atoms with Crippen LogP contribution in [0.5, 0.6) is 5.75 Å². The van der Waals surface area contributed by atoms with E-state index in [0.29, 0.717) is 19.4 Å². The zero-order valence-corrected chi connectivity index (χ0v) is 10.9. The first-order valence-electron chi connectivity index (χ1n) is 6.21. The Morgan fingerprint density at radius 1 is 1.44 bits per heavy atom. The normalized spacial score (nSPS) is 27.4. The summed E-state index contributed by atoms with van der Waals surface area (Å²) in [5.74, 6) is 0.214. The van der Waals surface area contributed by atoms with Gasteiger partial charge in [0.05, 0.1) is 19.8 Å². The van der Waals surface area contributed by atoms with E-state index in [4.69, 9.17) is 19.3 Å². The third-order valence-corrected chi connectivity index (χ3v) is 3.15. The van der Waals surface area contributed by atoms with Crippen molar-refractivity contribution in [1.29, 1.82) is 0 Å². The topological polar surface area (TPSA) is 47.9 Å². The molecule has 0 aliphatic carbocycles. The molecule has 2 atom stereocenters. The molecule has 4 heteroatoms. The Morgan fingerprint density at radius 3 is 2.94 bits per heavy atom. The zero-order chi connectivity index (χ0) is 13.0. The van der Waals surface area contributed by atoms with Crippen LogP contribution in [0.3, 0.4) is 0 Å². The van der Waals surface area contributed by atoms with Crippen molar-refractivity contribution in [1.82, 2.24) is 0 Å². The van der Waals surface area contributed by atoms with Crippen LogP contribution >= 0.6 is 0 Å². The third-order valence-electron chi connectivity index (χ3n) is 3.15. The van der Waals surface area contributed by atoms with Gasteiger partial charge in [-0.25, -0.2) is 0 Å². The summed E-state index contributed by atoms with van der Waals surface area (Å²) < 4.78 is 16.9. The first-order valence-corrected chi connectivity index (χ1v) is 6.21. The number of aliphatic hydroxyl groups excluding tert-OH is 1. The quantitative estimate of drug-likeness (QED) is 0.867. The summed E-state index contributed by atoms with van der Waals surface area (Å²) in [6.45, 7) is 2.59. The number of para-hydroxylation sites is 1. The fourth-order valence-electron chi connectivity index (χ4n) is 2.26. The molecule has 0 aromatic heterocycles. The predicted molar refractivity (Wildman–Crippen MR) is 67.6 cm³/mol. The molecule has 1 aromatic rings. The Labute approximate surface area is 107 Å². The number of benzene rings is 1. The lowest BCUT2D eigenvalue weighted by molar-refractivity contribution is -0.153. The number of methoxy groups -OCH3 is 1. The molecule has 1 heterocycles. The van der Waals surface area contributed by atoms with Crippen molar-refractivity contribution in [2.45, 2.75) is 31.7 Å². The summed E-state index contributed by atoms with van der Waals surface area (Å²) >= 11 is 0. The van der Waals surface area contributed by atoms with Gasteiger partial charge in [-0.3, -0.25) is 0 Å². The Morgan fingerprint density at radius 2 is 2.22 bits per heavy atom. The standard InChI is InChI=1S/C14H20O4/c1-14(17-10-12(18-14)7-8-15)9-11-5-3-4-6-13(11)16-2/h3-6,12,15H,7-10H2,1-2H3. The minimum Gasteiger partial charge on any atom is -0.496 e. The van der Waals surface area contributed by atoms with E-state index in [-0.39, 0.29) is 12.7 Å². The molecule has 2 unspecified atom stereocenters. The molecule has 0 saturated carbocycles. The average Bonchev–Trinajstić information content (AvgIpc) is 2.72. The van der Waals surface area contributed by atoms with Crippen molar-refractivity contribution < 1.29 is 19.3 Å². The molecular formula is C14H20O4. The first-order chi connectivity index (χ1) is 8.67. The van der Waals surface area contributed by atoms with Gasteiger partial charge in [-0.2, -0.15) is 0 Å². The highest BCUT2D eigenvalue weighted by molar-refractivity contribution is 5.34. The monoisotopic (exact) mass is 252 g/mol. The molecule has 4 nitrogen and oxygen atoms in total. The number of aliphatic hydroxyl groups is 1. The predicted octanol–water partition coefficient (Wildman–Crippen LogP) is 1.75. The van der Waals surface area contributed by atoms with Crippen LogP contribution in [0.15, 0.2) is 24.3 Å². The van der Waals surface area contributed by atoms with Crippen LogP contribution in [0, 0.1) is 0 Å². The van der Waals surface area contributed by atoms with Gasteiger partial charge in [-0.15, -0.1) is 0 Å². The maximum absolute atomic E-state index is 8.91. The van der Waals surface area contributed by atoms with Crippen molar-refractivity contribution in [2.24, 2.45) is 0 Å². The van der Waals surface area contributed by atoms with E-state index >= 15 is 0 Å². The molecule has 1 N–H and O–H groups in total. The number of rotatable bonds is 5. The van der Waals surface area contributed by atoms with Crippen LogP contribution in [-0.4, -0.2) is 37.3 Å². The van der Waals surface area contributed by atoms with Crippen molar-refractivity contribution in [3.8, 4) is 5.75 Å². The van der Waals surface area contributed by atoms with E-state index in [0.717, 1.165) is 11.3 Å². The number of hydrogen-bond donors (Lipinski definition) is 1. The van der Waals surface area contributed by atoms with Gasteiger partial charge in [0, 0.05) is 13.0 Å². The van der Waals surface area contributed by atoms with Crippen LogP contribution in [0.4, 0.5) is 0 Å². The molecule has 0 spiro atoms. The largest absolute Gasteiger partial charge is 0.496 e. The summed E-state index contributed by atoms with van der Waals surface area (Å²) in [6.07, 6.45) is 1.23. The van der Waals surface area contributed by atoms with Gasteiger partial charge in [0.25, 0.3) is 0 Å². The van der Waals surface area contributed by atoms with Crippen LogP contribution in [0.1, 0.15) is 18.9 Å². The van der Waals surface area contributed by atoms with Crippen molar-refractivity contribution in [3.63, 3.8) is 0 Å². The summed E-state index contributed by atoms with van der Waals surface area (Å²) in [5, 5.41) is 8.91. The van der Waals surface area contributed by atoms with Gasteiger partial charge in [-0.05, 0) is 25.0 Å². The Balaban J connectivity index is 2.04. The molecule has 1 fully saturated rings. The lowest BCUT2D eigenvalue weighted by Gasteiger charge is -2.24. The van der Waals surface area contributed by atoms with Crippen LogP contribution < -0.4 is 4.74 Å². The summed E-state index contributed by atoms with van der Waals surface area (Å²) in [4.78, 5) is 0. The van der Waals surface area contributed by atoms with E-state index in [2.05, 4.69) is 0 Å². The van der Waals surface area contributed by atoms with Crippen LogP contribution in [0.25, 0.3) is 0 Å². The molecule has 0 radical (unpaired) electrons. The first kappa shape index (κ1) is 13.3. The fraction of sp³-hybridized carbons (Fsp3) is 0.571. The zero-order valence-electron chi connectivity index (χ0n) is 10.9. The van der Waals surface area contributed by atoms with Gasteiger partial charge in [0.15, 0.2) is 5.79 Å². The summed E-state index contributed by atoms with van der Waals surface area (Å²) in [7, 11) is 1.66. The van der Waals surface area contributed by atoms with E-state index in [1.165, 1.54) is 0 Å².